The summed E-state index contributed by atoms with van der Waals surface area (Å²) in [7, 11) is 0. The third-order valence-corrected chi connectivity index (χ3v) is 7.28. The van der Waals surface area contributed by atoms with E-state index in [0.717, 1.165) is 6.42 Å². The Morgan fingerprint density at radius 1 is 0.486 bits per heavy atom. The van der Waals surface area contributed by atoms with Crippen LogP contribution < -0.4 is 0 Å². The highest BCUT2D eigenvalue weighted by molar-refractivity contribution is 6.20. The van der Waals surface area contributed by atoms with Gasteiger partial charge in [-0.2, -0.15) is 0 Å². The first-order valence-electron chi connectivity index (χ1n) is 12.3. The predicted molar refractivity (Wildman–Crippen MR) is 151 cm³/mol. The molecule has 0 nitrogen and oxygen atoms in total. The van der Waals surface area contributed by atoms with Crippen molar-refractivity contribution >= 4 is 37.9 Å². The van der Waals surface area contributed by atoms with Crippen molar-refractivity contribution in [2.45, 2.75) is 6.42 Å². The maximum Gasteiger partial charge on any atom is -0.00203 e. The number of hydrogen-bond acceptors (Lipinski definition) is 0. The molecule has 0 bridgehead atoms. The topological polar surface area (TPSA) is 0 Å². The molecule has 0 aromatic heterocycles. The van der Waals surface area contributed by atoms with E-state index in [0.29, 0.717) is 0 Å². The van der Waals surface area contributed by atoms with E-state index in [9.17, 15) is 0 Å². The van der Waals surface area contributed by atoms with Gasteiger partial charge in [-0.25, -0.2) is 0 Å². The Labute approximate surface area is 205 Å². The molecule has 0 saturated heterocycles. The molecule has 0 atom stereocenters. The monoisotopic (exact) mass is 444 g/mol. The van der Waals surface area contributed by atoms with Gasteiger partial charge in [0.25, 0.3) is 0 Å². The molecule has 0 amide bonds. The van der Waals surface area contributed by atoms with E-state index < -0.39 is 0 Å². The maximum atomic E-state index is 2.34. The molecule has 7 rings (SSSR count). The van der Waals surface area contributed by atoms with Crippen LogP contribution in [-0.2, 0) is 6.42 Å². The van der Waals surface area contributed by atoms with Gasteiger partial charge < -0.3 is 0 Å². The van der Waals surface area contributed by atoms with Gasteiger partial charge in [0.05, 0.1) is 0 Å². The van der Waals surface area contributed by atoms with Gasteiger partial charge in [0.2, 0.25) is 0 Å². The Bertz CT molecular complexity index is 1760. The van der Waals surface area contributed by atoms with Crippen LogP contribution in [0.15, 0.2) is 133 Å². The van der Waals surface area contributed by atoms with Crippen molar-refractivity contribution in [3.05, 3.63) is 150 Å². The molecule has 0 aliphatic heterocycles. The fourth-order valence-corrected chi connectivity index (χ4v) is 5.70. The van der Waals surface area contributed by atoms with E-state index in [4.69, 9.17) is 0 Å². The van der Waals surface area contributed by atoms with Crippen LogP contribution in [0.25, 0.3) is 49.0 Å². The average Bonchev–Trinajstić information content (AvgIpc) is 3.14. The fourth-order valence-electron chi connectivity index (χ4n) is 5.70. The van der Waals surface area contributed by atoms with Gasteiger partial charge in [-0.15, -0.1) is 0 Å². The van der Waals surface area contributed by atoms with Crippen LogP contribution >= 0.6 is 0 Å². The number of hydrogen-bond donors (Lipinski definition) is 0. The Kier molecular flexibility index (Phi) is 4.63. The molecule has 35 heavy (non-hydrogen) atoms. The molecule has 6 aromatic rings. The highest BCUT2D eigenvalue weighted by atomic mass is 14.2. The molecule has 0 spiro atoms. The third-order valence-electron chi connectivity index (χ3n) is 7.28. The minimum Gasteiger partial charge on any atom is -0.0801 e. The largest absolute Gasteiger partial charge is 0.0801 e. The number of benzene rings is 6. The van der Waals surface area contributed by atoms with Crippen LogP contribution in [-0.4, -0.2) is 0 Å². The molecule has 1 aliphatic carbocycles. The van der Waals surface area contributed by atoms with Crippen molar-refractivity contribution < 1.29 is 0 Å². The number of allylic oxidation sites excluding steroid dienone is 3. The van der Waals surface area contributed by atoms with Crippen LogP contribution in [0.5, 0.6) is 0 Å². The van der Waals surface area contributed by atoms with Gasteiger partial charge >= 0.3 is 0 Å². The fraction of sp³-hybridized carbons (Fsp3) is 0.0286. The van der Waals surface area contributed by atoms with Crippen LogP contribution in [0, 0.1) is 0 Å². The molecule has 0 heterocycles. The Balaban J connectivity index is 1.61. The molecule has 0 fully saturated rings. The first-order valence-corrected chi connectivity index (χ1v) is 12.3. The zero-order chi connectivity index (χ0) is 23.2. The molecule has 6 aromatic carbocycles. The summed E-state index contributed by atoms with van der Waals surface area (Å²) >= 11 is 0. The van der Waals surface area contributed by atoms with Crippen molar-refractivity contribution in [1.29, 1.82) is 0 Å². The predicted octanol–water partition coefficient (Wildman–Crippen LogP) is 9.36. The second-order valence-electron chi connectivity index (χ2n) is 9.27. The zero-order valence-electron chi connectivity index (χ0n) is 19.4. The lowest BCUT2D eigenvalue weighted by Crippen LogP contribution is -1.97. The summed E-state index contributed by atoms with van der Waals surface area (Å²) in [6.07, 6.45) is 7.74. The van der Waals surface area contributed by atoms with E-state index in [2.05, 4.69) is 133 Å². The second kappa shape index (κ2) is 8.11. The van der Waals surface area contributed by atoms with Gasteiger partial charge in [-0.3, -0.25) is 0 Å². The molecule has 0 N–H and O–H groups in total. The smallest absolute Gasteiger partial charge is 0.00203 e. The molecule has 1 aliphatic rings. The molecule has 0 unspecified atom stereocenters. The zero-order valence-corrected chi connectivity index (χ0v) is 19.4. The summed E-state index contributed by atoms with van der Waals surface area (Å²) in [4.78, 5) is 0. The van der Waals surface area contributed by atoms with Crippen molar-refractivity contribution in [2.75, 3.05) is 0 Å². The average molecular weight is 445 g/mol. The summed E-state index contributed by atoms with van der Waals surface area (Å²) in [6, 6.07) is 42.1. The summed E-state index contributed by atoms with van der Waals surface area (Å²) < 4.78 is 0. The standard InChI is InChI=1S/C35H24/c1-2-14-26-23-27(22-21-24(26)11-1)34-30-17-7-9-19-32(30)35(33-20-10-8-18-31(33)34)29-16-6-4-13-25-12-3-5-15-28(25)29/h1-12,14-23H,13H2. The lowest BCUT2D eigenvalue weighted by atomic mass is 9.83. The van der Waals surface area contributed by atoms with E-state index in [1.165, 1.54) is 65.7 Å². The van der Waals surface area contributed by atoms with Gasteiger partial charge in [-0.1, -0.05) is 127 Å². The summed E-state index contributed by atoms with van der Waals surface area (Å²) in [5, 5.41) is 7.73. The molecule has 0 saturated carbocycles. The van der Waals surface area contributed by atoms with Crippen molar-refractivity contribution in [2.24, 2.45) is 0 Å². The molecule has 0 radical (unpaired) electrons. The van der Waals surface area contributed by atoms with Gasteiger partial charge in [0.15, 0.2) is 0 Å². The first kappa shape index (κ1) is 20.0. The van der Waals surface area contributed by atoms with Crippen molar-refractivity contribution in [3.63, 3.8) is 0 Å². The number of rotatable bonds is 2. The lowest BCUT2D eigenvalue weighted by Gasteiger charge is -2.20. The Hall–Kier alpha value is -4.42. The minimum atomic E-state index is 0.960. The van der Waals surface area contributed by atoms with Gasteiger partial charge in [-0.05, 0) is 78.2 Å². The van der Waals surface area contributed by atoms with Crippen LogP contribution in [0.4, 0.5) is 0 Å². The van der Waals surface area contributed by atoms with E-state index in [-0.39, 0.29) is 0 Å². The molecular formula is C35H24. The Morgan fingerprint density at radius 3 is 1.83 bits per heavy atom. The van der Waals surface area contributed by atoms with Crippen LogP contribution in [0.1, 0.15) is 16.7 Å². The highest BCUT2D eigenvalue weighted by Crippen LogP contribution is 2.44. The third kappa shape index (κ3) is 3.22. The summed E-state index contributed by atoms with van der Waals surface area (Å²) in [5.74, 6) is 0. The van der Waals surface area contributed by atoms with Gasteiger partial charge in [0, 0.05) is 0 Å². The van der Waals surface area contributed by atoms with Crippen molar-refractivity contribution in [1.82, 2.24) is 0 Å². The SMILES string of the molecule is C1=CCc2ccccc2C(c2c3ccccc3c(-c3ccc4ccccc4c3)c3ccccc23)=C1. The normalized spacial score (nSPS) is 13.1. The summed E-state index contributed by atoms with van der Waals surface area (Å²) in [6.45, 7) is 0. The lowest BCUT2D eigenvalue weighted by molar-refractivity contribution is 1.26. The quantitative estimate of drug-likeness (QED) is 0.233. The van der Waals surface area contributed by atoms with E-state index >= 15 is 0 Å². The highest BCUT2D eigenvalue weighted by Gasteiger charge is 2.20. The van der Waals surface area contributed by atoms with Crippen LogP contribution in [0.3, 0.4) is 0 Å². The molecule has 0 heteroatoms. The first-order chi connectivity index (χ1) is 17.4. The Morgan fingerprint density at radius 2 is 1.09 bits per heavy atom. The second-order valence-corrected chi connectivity index (χ2v) is 9.27. The minimum absolute atomic E-state index is 0.960. The summed E-state index contributed by atoms with van der Waals surface area (Å²) in [5.41, 5.74) is 7.89. The van der Waals surface area contributed by atoms with Gasteiger partial charge in [0.1, 0.15) is 0 Å². The molecular weight excluding hydrogens is 420 g/mol. The number of fused-ring (bicyclic) bond motifs is 4. The van der Waals surface area contributed by atoms with E-state index in [1.54, 1.807) is 0 Å². The van der Waals surface area contributed by atoms with Crippen LogP contribution in [0.2, 0.25) is 0 Å². The van der Waals surface area contributed by atoms with Crippen molar-refractivity contribution in [3.8, 4) is 11.1 Å². The molecule has 164 valence electrons. The maximum absolute atomic E-state index is 2.34. The van der Waals surface area contributed by atoms with E-state index in [1.807, 2.05) is 0 Å².